The quantitative estimate of drug-likeness (QED) is 0.717. The van der Waals surface area contributed by atoms with Crippen molar-refractivity contribution in [3.63, 3.8) is 0 Å². The molecular weight excluding hydrogens is 332 g/mol. The van der Waals surface area contributed by atoms with Gasteiger partial charge in [0.05, 0.1) is 14.2 Å². The Morgan fingerprint density at radius 3 is 1.62 bits per heavy atom. The smallest absolute Gasteiger partial charge is 0.127 e. The lowest BCUT2D eigenvalue weighted by molar-refractivity contribution is 0.216. The van der Waals surface area contributed by atoms with E-state index < -0.39 is 0 Å². The minimum Gasteiger partial charge on any atom is -0.507 e. The van der Waals surface area contributed by atoms with E-state index in [2.05, 4.69) is 9.80 Å². The molecule has 2 rings (SSSR count). The van der Waals surface area contributed by atoms with Gasteiger partial charge in [-0.2, -0.15) is 0 Å². The SMILES string of the molecule is COc1cccc(O)c1CN(CCN(C)C)Cc1c(O)cccc1OC. The van der Waals surface area contributed by atoms with Gasteiger partial charge in [-0.1, -0.05) is 12.1 Å². The van der Waals surface area contributed by atoms with Crippen molar-refractivity contribution in [1.82, 2.24) is 9.80 Å². The molecular formula is C20H28N2O4. The lowest BCUT2D eigenvalue weighted by Crippen LogP contribution is -2.31. The van der Waals surface area contributed by atoms with Crippen LogP contribution < -0.4 is 9.47 Å². The Morgan fingerprint density at radius 1 is 0.769 bits per heavy atom. The third-order valence-electron chi connectivity index (χ3n) is 4.28. The van der Waals surface area contributed by atoms with Crippen LogP contribution in [0.3, 0.4) is 0 Å². The number of aromatic hydroxyl groups is 2. The fourth-order valence-electron chi connectivity index (χ4n) is 2.81. The van der Waals surface area contributed by atoms with Gasteiger partial charge in [0.25, 0.3) is 0 Å². The number of phenolic OH excluding ortho intramolecular Hbond substituents is 2. The maximum absolute atomic E-state index is 10.3. The highest BCUT2D eigenvalue weighted by Gasteiger charge is 2.18. The molecule has 26 heavy (non-hydrogen) atoms. The van der Waals surface area contributed by atoms with Crippen molar-refractivity contribution >= 4 is 0 Å². The summed E-state index contributed by atoms with van der Waals surface area (Å²) in [7, 11) is 7.21. The lowest BCUT2D eigenvalue weighted by atomic mass is 10.1. The summed E-state index contributed by atoms with van der Waals surface area (Å²) in [6.07, 6.45) is 0. The molecule has 2 N–H and O–H groups in total. The Morgan fingerprint density at radius 2 is 1.23 bits per heavy atom. The molecule has 0 aliphatic heterocycles. The van der Waals surface area contributed by atoms with Crippen molar-refractivity contribution in [1.29, 1.82) is 0 Å². The molecule has 6 heteroatoms. The van der Waals surface area contributed by atoms with Crippen LogP contribution in [0.5, 0.6) is 23.0 Å². The van der Waals surface area contributed by atoms with Crippen molar-refractivity contribution in [2.45, 2.75) is 13.1 Å². The number of benzene rings is 2. The van der Waals surface area contributed by atoms with Crippen LogP contribution in [0.2, 0.25) is 0 Å². The van der Waals surface area contributed by atoms with E-state index in [0.717, 1.165) is 24.2 Å². The van der Waals surface area contributed by atoms with Crippen LogP contribution in [0.15, 0.2) is 36.4 Å². The molecule has 0 radical (unpaired) electrons. The summed E-state index contributed by atoms with van der Waals surface area (Å²) in [5, 5.41) is 20.6. The van der Waals surface area contributed by atoms with Crippen molar-refractivity contribution < 1.29 is 19.7 Å². The van der Waals surface area contributed by atoms with Gasteiger partial charge in [0.15, 0.2) is 0 Å². The van der Waals surface area contributed by atoms with E-state index in [1.54, 1.807) is 38.5 Å². The predicted octanol–water partition coefficient (Wildman–Crippen LogP) is 2.68. The number of methoxy groups -OCH3 is 2. The van der Waals surface area contributed by atoms with E-state index in [1.165, 1.54) is 0 Å². The van der Waals surface area contributed by atoms with Gasteiger partial charge in [-0.05, 0) is 38.4 Å². The third-order valence-corrected chi connectivity index (χ3v) is 4.28. The minimum atomic E-state index is 0.198. The van der Waals surface area contributed by atoms with Crippen molar-refractivity contribution in [2.24, 2.45) is 0 Å². The van der Waals surface area contributed by atoms with Gasteiger partial charge in [0.2, 0.25) is 0 Å². The second kappa shape index (κ2) is 9.31. The summed E-state index contributed by atoms with van der Waals surface area (Å²) in [6.45, 7) is 2.57. The number of hydrogen-bond donors (Lipinski definition) is 2. The summed E-state index contributed by atoms with van der Waals surface area (Å²) in [4.78, 5) is 4.24. The Balaban J connectivity index is 2.30. The van der Waals surface area contributed by atoms with Crippen LogP contribution in [0, 0.1) is 0 Å². The largest absolute Gasteiger partial charge is 0.507 e. The first kappa shape index (κ1) is 19.9. The second-order valence-corrected chi connectivity index (χ2v) is 6.43. The van der Waals surface area contributed by atoms with Gasteiger partial charge in [0.1, 0.15) is 23.0 Å². The van der Waals surface area contributed by atoms with Gasteiger partial charge in [-0.25, -0.2) is 0 Å². The van der Waals surface area contributed by atoms with Crippen LogP contribution in [0.1, 0.15) is 11.1 Å². The number of phenols is 2. The molecule has 0 aromatic heterocycles. The number of nitrogens with zero attached hydrogens (tertiary/aromatic N) is 2. The number of ether oxygens (including phenoxy) is 2. The molecule has 0 fully saturated rings. The zero-order valence-electron chi connectivity index (χ0n) is 15.9. The Hall–Kier alpha value is -2.44. The van der Waals surface area contributed by atoms with Gasteiger partial charge in [-0.15, -0.1) is 0 Å². The number of likely N-dealkylation sites (N-methyl/N-ethyl adjacent to an activating group) is 1. The molecule has 0 spiro atoms. The summed E-state index contributed by atoms with van der Waals surface area (Å²) < 4.78 is 10.8. The van der Waals surface area contributed by atoms with Crippen molar-refractivity contribution in [3.8, 4) is 23.0 Å². The minimum absolute atomic E-state index is 0.198. The highest BCUT2D eigenvalue weighted by molar-refractivity contribution is 5.45. The second-order valence-electron chi connectivity index (χ2n) is 6.43. The maximum Gasteiger partial charge on any atom is 0.127 e. The standard InChI is InChI=1S/C20H28N2O4/c1-21(2)11-12-22(13-15-17(23)7-5-9-19(15)25-3)14-16-18(24)8-6-10-20(16)26-4/h5-10,23-24H,11-14H2,1-4H3. The fraction of sp³-hybridized carbons (Fsp3) is 0.400. The third kappa shape index (κ3) is 5.03. The average Bonchev–Trinajstić information content (AvgIpc) is 2.62. The predicted molar refractivity (Wildman–Crippen MR) is 102 cm³/mol. The van der Waals surface area contributed by atoms with Gasteiger partial charge in [0, 0.05) is 37.3 Å². The highest BCUT2D eigenvalue weighted by atomic mass is 16.5. The van der Waals surface area contributed by atoms with Crippen LogP contribution in [0.25, 0.3) is 0 Å². The zero-order valence-corrected chi connectivity index (χ0v) is 15.9. The highest BCUT2D eigenvalue weighted by Crippen LogP contribution is 2.32. The molecule has 0 saturated heterocycles. The van der Waals surface area contributed by atoms with Crippen LogP contribution in [-0.2, 0) is 13.1 Å². The Kier molecular flexibility index (Phi) is 7.12. The first-order valence-corrected chi connectivity index (χ1v) is 8.53. The van der Waals surface area contributed by atoms with E-state index >= 15 is 0 Å². The summed E-state index contributed by atoms with van der Waals surface area (Å²) in [6, 6.07) is 10.5. The summed E-state index contributed by atoms with van der Waals surface area (Å²) >= 11 is 0. The fourth-order valence-corrected chi connectivity index (χ4v) is 2.81. The topological polar surface area (TPSA) is 65.4 Å². The molecule has 0 bridgehead atoms. The lowest BCUT2D eigenvalue weighted by Gasteiger charge is -2.26. The maximum atomic E-state index is 10.3. The molecule has 142 valence electrons. The molecule has 0 saturated carbocycles. The van der Waals surface area contributed by atoms with E-state index in [4.69, 9.17) is 9.47 Å². The monoisotopic (exact) mass is 360 g/mol. The van der Waals surface area contributed by atoms with Crippen molar-refractivity contribution in [3.05, 3.63) is 47.5 Å². The van der Waals surface area contributed by atoms with Gasteiger partial charge >= 0.3 is 0 Å². The van der Waals surface area contributed by atoms with E-state index in [1.807, 2.05) is 26.2 Å². The molecule has 2 aromatic rings. The zero-order chi connectivity index (χ0) is 19.1. The molecule has 6 nitrogen and oxygen atoms in total. The van der Waals surface area contributed by atoms with Crippen LogP contribution in [-0.4, -0.2) is 61.4 Å². The number of rotatable bonds is 9. The average molecular weight is 360 g/mol. The van der Waals surface area contributed by atoms with Gasteiger partial charge in [-0.3, -0.25) is 4.90 Å². The summed E-state index contributed by atoms with van der Waals surface area (Å²) in [5.74, 6) is 1.68. The molecule has 0 unspecified atom stereocenters. The Bertz CT molecular complexity index is 663. The first-order chi connectivity index (χ1) is 12.5. The first-order valence-electron chi connectivity index (χ1n) is 8.53. The van der Waals surface area contributed by atoms with E-state index in [-0.39, 0.29) is 11.5 Å². The molecule has 0 aliphatic rings. The molecule has 0 amide bonds. The normalized spacial score (nSPS) is 11.2. The van der Waals surface area contributed by atoms with Crippen LogP contribution >= 0.6 is 0 Å². The van der Waals surface area contributed by atoms with Crippen LogP contribution in [0.4, 0.5) is 0 Å². The number of hydrogen-bond acceptors (Lipinski definition) is 6. The molecule has 2 aromatic carbocycles. The van der Waals surface area contributed by atoms with Crippen molar-refractivity contribution in [2.75, 3.05) is 41.4 Å². The van der Waals surface area contributed by atoms with E-state index in [9.17, 15) is 10.2 Å². The Labute approximate surface area is 155 Å². The molecule has 0 heterocycles. The van der Waals surface area contributed by atoms with Gasteiger partial charge < -0.3 is 24.6 Å². The molecule has 0 aliphatic carbocycles. The molecule has 0 atom stereocenters. The summed E-state index contributed by atoms with van der Waals surface area (Å²) in [5.41, 5.74) is 1.45. The van der Waals surface area contributed by atoms with E-state index in [0.29, 0.717) is 24.6 Å².